The number of amides is 2. The Labute approximate surface area is 236 Å². The first-order valence-electron chi connectivity index (χ1n) is 13.9. The number of amidine groups is 1. The molecule has 40 heavy (non-hydrogen) atoms. The quantitative estimate of drug-likeness (QED) is 0.378. The van der Waals surface area contributed by atoms with E-state index in [-0.39, 0.29) is 12.1 Å². The molecule has 0 spiro atoms. The van der Waals surface area contributed by atoms with Gasteiger partial charge in [0.2, 0.25) is 0 Å². The number of hydrogen-bond acceptors (Lipinski definition) is 5. The number of carbonyl (C=O) groups is 1. The van der Waals surface area contributed by atoms with Crippen LogP contribution < -0.4 is 10.6 Å². The number of nitrogens with one attached hydrogen (secondary N) is 2. The molecule has 3 aliphatic rings. The van der Waals surface area contributed by atoms with Crippen molar-refractivity contribution in [2.45, 2.75) is 32.2 Å². The summed E-state index contributed by atoms with van der Waals surface area (Å²) in [4.78, 5) is 27.2. The number of fused-ring (bicyclic) bond motifs is 1. The van der Waals surface area contributed by atoms with Crippen LogP contribution in [0.1, 0.15) is 48.9 Å². The van der Waals surface area contributed by atoms with Crippen LogP contribution in [0.25, 0.3) is 6.08 Å². The van der Waals surface area contributed by atoms with Crippen LogP contribution in [-0.2, 0) is 0 Å². The molecule has 8 nitrogen and oxygen atoms in total. The van der Waals surface area contributed by atoms with E-state index in [2.05, 4.69) is 65.4 Å². The number of piperazine rings is 1. The van der Waals surface area contributed by atoms with Crippen LogP contribution in [-0.4, -0.2) is 60.6 Å². The lowest BCUT2D eigenvalue weighted by Gasteiger charge is -2.40. The number of urea groups is 1. The summed E-state index contributed by atoms with van der Waals surface area (Å²) in [5.74, 6) is 0.918. The summed E-state index contributed by atoms with van der Waals surface area (Å²) >= 11 is 0. The van der Waals surface area contributed by atoms with Gasteiger partial charge in [-0.05, 0) is 71.7 Å². The van der Waals surface area contributed by atoms with Crippen molar-refractivity contribution in [2.75, 3.05) is 38.0 Å². The van der Waals surface area contributed by atoms with E-state index < -0.39 is 0 Å². The lowest BCUT2D eigenvalue weighted by molar-refractivity contribution is 0.124. The van der Waals surface area contributed by atoms with Gasteiger partial charge in [0, 0.05) is 44.5 Å². The molecule has 0 bridgehead atoms. The van der Waals surface area contributed by atoms with Crippen LogP contribution >= 0.6 is 0 Å². The molecule has 2 aliphatic heterocycles. The number of nitrogens with zero attached hydrogens (tertiary/aromatic N) is 5. The Balaban J connectivity index is 1.37. The average Bonchev–Trinajstić information content (AvgIpc) is 3.14. The molecular weight excluding hydrogens is 498 g/mol. The maximum Gasteiger partial charge on any atom is 0.321 e. The molecule has 1 fully saturated rings. The molecule has 5 rings (SSSR count). The van der Waals surface area contributed by atoms with E-state index in [1.54, 1.807) is 30.5 Å². The molecule has 0 radical (unpaired) electrons. The van der Waals surface area contributed by atoms with Crippen molar-refractivity contribution in [3.8, 4) is 6.07 Å². The highest BCUT2D eigenvalue weighted by Crippen LogP contribution is 2.42. The standard InChI is InChI=1S/C32H35N7O/c1-3-29(34-4-2)36-22-25-20-24-8-5-6-9-28(24)31(30-27(25)10-7-15-35-30)38-16-18-39(19-17-38)32(40)37-26-13-11-23(21-33)12-14-26/h4-6,8-9,11-15,20,31H,2-3,7,10,16-19,22H2,1H3,(H,34,36)(H,37,40). The number of aliphatic imine (C=N–C) groups is 2. The smallest absolute Gasteiger partial charge is 0.321 e. The van der Waals surface area contributed by atoms with Crippen molar-refractivity contribution < 1.29 is 4.79 Å². The number of carbonyl (C=O) groups excluding carboxylic acids is 1. The Morgan fingerprint density at radius 2 is 1.95 bits per heavy atom. The van der Waals surface area contributed by atoms with Gasteiger partial charge < -0.3 is 15.5 Å². The Hall–Kier alpha value is -4.48. The van der Waals surface area contributed by atoms with Crippen molar-refractivity contribution in [3.63, 3.8) is 0 Å². The summed E-state index contributed by atoms with van der Waals surface area (Å²) in [5, 5.41) is 15.1. The SMILES string of the molecule is C=CNC(CC)=NCC1=Cc2ccccc2C(N2CCN(C(=O)Nc3ccc(C#N)cc3)CC2)C2=C1CCC=N2. The second kappa shape index (κ2) is 12.6. The van der Waals surface area contributed by atoms with Crippen molar-refractivity contribution in [2.24, 2.45) is 9.98 Å². The van der Waals surface area contributed by atoms with E-state index in [9.17, 15) is 4.79 Å². The number of nitriles is 1. The number of benzene rings is 2. The van der Waals surface area contributed by atoms with Gasteiger partial charge in [0.15, 0.2) is 0 Å². The first-order valence-corrected chi connectivity index (χ1v) is 13.9. The van der Waals surface area contributed by atoms with Gasteiger partial charge in [-0.1, -0.05) is 37.8 Å². The molecule has 2 N–H and O–H groups in total. The van der Waals surface area contributed by atoms with Crippen LogP contribution in [0, 0.1) is 11.3 Å². The van der Waals surface area contributed by atoms with Crippen molar-refractivity contribution in [1.82, 2.24) is 15.1 Å². The predicted octanol–water partition coefficient (Wildman–Crippen LogP) is 5.51. The van der Waals surface area contributed by atoms with E-state index in [4.69, 9.17) is 15.2 Å². The summed E-state index contributed by atoms with van der Waals surface area (Å²) in [6.45, 7) is 9.16. The Bertz CT molecular complexity index is 1420. The molecule has 1 unspecified atom stereocenters. The molecule has 0 aromatic heterocycles. The highest BCUT2D eigenvalue weighted by atomic mass is 16.2. The highest BCUT2D eigenvalue weighted by Gasteiger charge is 2.34. The molecule has 0 saturated carbocycles. The van der Waals surface area contributed by atoms with Gasteiger partial charge in [-0.25, -0.2) is 4.79 Å². The Kier molecular flexibility index (Phi) is 8.53. The van der Waals surface area contributed by atoms with Crippen LogP contribution in [0.15, 0.2) is 88.1 Å². The van der Waals surface area contributed by atoms with Gasteiger partial charge in [0.1, 0.15) is 5.84 Å². The summed E-state index contributed by atoms with van der Waals surface area (Å²) in [5.41, 5.74) is 7.27. The minimum Gasteiger partial charge on any atom is -0.351 e. The van der Waals surface area contributed by atoms with Gasteiger partial charge in [-0.3, -0.25) is 14.9 Å². The zero-order chi connectivity index (χ0) is 27.9. The molecule has 1 atom stereocenters. The van der Waals surface area contributed by atoms with Crippen LogP contribution in [0.4, 0.5) is 10.5 Å². The largest absolute Gasteiger partial charge is 0.351 e. The first kappa shape index (κ1) is 27.1. The van der Waals surface area contributed by atoms with E-state index in [0.29, 0.717) is 30.9 Å². The third-order valence-corrected chi connectivity index (χ3v) is 7.61. The minimum atomic E-state index is -0.122. The van der Waals surface area contributed by atoms with Crippen molar-refractivity contribution in [3.05, 3.63) is 94.8 Å². The monoisotopic (exact) mass is 533 g/mol. The normalized spacial score (nSPS) is 19.1. The van der Waals surface area contributed by atoms with E-state index in [1.807, 2.05) is 11.1 Å². The zero-order valence-electron chi connectivity index (χ0n) is 22.9. The van der Waals surface area contributed by atoms with Crippen molar-refractivity contribution >= 4 is 29.8 Å². The average molecular weight is 534 g/mol. The maximum atomic E-state index is 13.0. The summed E-state index contributed by atoms with van der Waals surface area (Å²) < 4.78 is 0. The van der Waals surface area contributed by atoms with E-state index >= 15 is 0 Å². The predicted molar refractivity (Wildman–Crippen MR) is 161 cm³/mol. The molecule has 8 heteroatoms. The fraction of sp³-hybridized carbons (Fsp3) is 0.312. The van der Waals surface area contributed by atoms with Crippen LogP contribution in [0.2, 0.25) is 0 Å². The first-order chi connectivity index (χ1) is 19.6. The molecule has 1 saturated heterocycles. The number of hydrogen-bond donors (Lipinski definition) is 2. The summed E-state index contributed by atoms with van der Waals surface area (Å²) in [7, 11) is 0. The number of rotatable bonds is 6. The second-order valence-electron chi connectivity index (χ2n) is 10.0. The molecule has 2 aromatic carbocycles. The van der Waals surface area contributed by atoms with Gasteiger partial charge in [-0.15, -0.1) is 0 Å². The lowest BCUT2D eigenvalue weighted by Crippen LogP contribution is -2.51. The van der Waals surface area contributed by atoms with Crippen LogP contribution in [0.5, 0.6) is 0 Å². The Morgan fingerprint density at radius 1 is 1.18 bits per heavy atom. The topological polar surface area (TPSA) is 96.1 Å². The fourth-order valence-corrected chi connectivity index (χ4v) is 5.53. The second-order valence-corrected chi connectivity index (χ2v) is 10.0. The van der Waals surface area contributed by atoms with Gasteiger partial charge in [0.05, 0.1) is 29.9 Å². The third-order valence-electron chi connectivity index (χ3n) is 7.61. The summed E-state index contributed by atoms with van der Waals surface area (Å²) in [6.07, 6.45) is 8.67. The summed E-state index contributed by atoms with van der Waals surface area (Å²) in [6, 6.07) is 17.5. The molecule has 2 aromatic rings. The molecule has 204 valence electrons. The van der Waals surface area contributed by atoms with Crippen molar-refractivity contribution in [1.29, 1.82) is 5.26 Å². The lowest BCUT2D eigenvalue weighted by atomic mass is 9.92. The highest BCUT2D eigenvalue weighted by molar-refractivity contribution is 5.89. The molecule has 1 aliphatic carbocycles. The van der Waals surface area contributed by atoms with Gasteiger partial charge >= 0.3 is 6.03 Å². The van der Waals surface area contributed by atoms with Gasteiger partial charge in [0.25, 0.3) is 0 Å². The Morgan fingerprint density at radius 3 is 2.67 bits per heavy atom. The maximum absolute atomic E-state index is 13.0. The third kappa shape index (κ3) is 5.90. The van der Waals surface area contributed by atoms with E-state index in [0.717, 1.165) is 43.9 Å². The molecule has 2 amide bonds. The van der Waals surface area contributed by atoms with E-state index in [1.165, 1.54) is 22.3 Å². The zero-order valence-corrected chi connectivity index (χ0v) is 22.9. The number of anilines is 1. The van der Waals surface area contributed by atoms with Crippen LogP contribution in [0.3, 0.4) is 0 Å². The fourth-order valence-electron chi connectivity index (χ4n) is 5.53. The molecular formula is C32H35N7O. The van der Waals surface area contributed by atoms with Gasteiger partial charge in [-0.2, -0.15) is 5.26 Å². The molecule has 2 heterocycles. The minimum absolute atomic E-state index is 0.0150.